The van der Waals surface area contributed by atoms with E-state index in [9.17, 15) is 4.79 Å². The molecule has 114 valence electrons. The van der Waals surface area contributed by atoms with Gasteiger partial charge in [-0.1, -0.05) is 12.1 Å². The molecule has 3 rings (SSSR count). The van der Waals surface area contributed by atoms with Crippen molar-refractivity contribution >= 4 is 17.3 Å². The molecular formula is C17H19N3O2. The SMILES string of the molecule is COc1ncccc1C(=O)Nc1ccccc1N1CCCC1. The summed E-state index contributed by atoms with van der Waals surface area (Å²) in [6, 6.07) is 11.3. The molecule has 2 aromatic rings. The third-order valence-electron chi connectivity index (χ3n) is 3.81. The van der Waals surface area contributed by atoms with E-state index in [2.05, 4.69) is 15.2 Å². The van der Waals surface area contributed by atoms with Crippen LogP contribution in [0, 0.1) is 0 Å². The van der Waals surface area contributed by atoms with E-state index in [0.29, 0.717) is 11.4 Å². The summed E-state index contributed by atoms with van der Waals surface area (Å²) in [6.07, 6.45) is 3.99. The Labute approximate surface area is 129 Å². The Morgan fingerprint density at radius 2 is 1.95 bits per heavy atom. The molecule has 0 saturated carbocycles. The smallest absolute Gasteiger partial charge is 0.261 e. The van der Waals surface area contributed by atoms with Gasteiger partial charge in [0.25, 0.3) is 5.91 Å². The molecule has 0 bridgehead atoms. The first-order valence-corrected chi connectivity index (χ1v) is 7.44. The van der Waals surface area contributed by atoms with Crippen LogP contribution in [-0.4, -0.2) is 31.1 Å². The molecule has 1 aliphatic rings. The summed E-state index contributed by atoms with van der Waals surface area (Å²) in [7, 11) is 1.51. The zero-order valence-electron chi connectivity index (χ0n) is 12.6. The van der Waals surface area contributed by atoms with E-state index in [1.165, 1.54) is 20.0 Å². The highest BCUT2D eigenvalue weighted by Gasteiger charge is 2.18. The zero-order valence-corrected chi connectivity index (χ0v) is 12.6. The first-order chi connectivity index (χ1) is 10.8. The summed E-state index contributed by atoms with van der Waals surface area (Å²) in [4.78, 5) is 18.9. The molecule has 0 atom stereocenters. The van der Waals surface area contributed by atoms with Gasteiger partial charge >= 0.3 is 0 Å². The number of amides is 1. The second-order valence-corrected chi connectivity index (χ2v) is 5.23. The highest BCUT2D eigenvalue weighted by Crippen LogP contribution is 2.29. The summed E-state index contributed by atoms with van der Waals surface area (Å²) in [5, 5.41) is 2.98. The average Bonchev–Trinajstić information content (AvgIpc) is 3.09. The van der Waals surface area contributed by atoms with Crippen LogP contribution in [0.15, 0.2) is 42.6 Å². The van der Waals surface area contributed by atoms with E-state index in [-0.39, 0.29) is 5.91 Å². The number of hydrogen-bond acceptors (Lipinski definition) is 4. The highest BCUT2D eigenvalue weighted by molar-refractivity contribution is 6.07. The molecule has 0 radical (unpaired) electrons. The van der Waals surface area contributed by atoms with Crippen molar-refractivity contribution in [3.63, 3.8) is 0 Å². The maximum absolute atomic E-state index is 12.5. The third-order valence-corrected chi connectivity index (χ3v) is 3.81. The Balaban J connectivity index is 1.85. The van der Waals surface area contributed by atoms with Gasteiger partial charge in [-0.2, -0.15) is 0 Å². The van der Waals surface area contributed by atoms with Crippen molar-refractivity contribution in [2.24, 2.45) is 0 Å². The maximum atomic E-state index is 12.5. The predicted molar refractivity (Wildman–Crippen MR) is 86.6 cm³/mol. The van der Waals surface area contributed by atoms with E-state index in [1.807, 2.05) is 24.3 Å². The number of carbonyl (C=O) groups excluding carboxylic acids is 1. The van der Waals surface area contributed by atoms with Crippen LogP contribution < -0.4 is 15.0 Å². The number of ether oxygens (including phenoxy) is 1. The van der Waals surface area contributed by atoms with Gasteiger partial charge in [0.15, 0.2) is 0 Å². The largest absolute Gasteiger partial charge is 0.480 e. The van der Waals surface area contributed by atoms with Crippen LogP contribution in [0.3, 0.4) is 0 Å². The number of pyridine rings is 1. The van der Waals surface area contributed by atoms with E-state index >= 15 is 0 Å². The number of methoxy groups -OCH3 is 1. The maximum Gasteiger partial charge on any atom is 0.261 e. The van der Waals surface area contributed by atoms with Crippen LogP contribution in [0.25, 0.3) is 0 Å². The molecular weight excluding hydrogens is 278 g/mol. The number of rotatable bonds is 4. The normalized spacial score (nSPS) is 14.0. The van der Waals surface area contributed by atoms with Crippen molar-refractivity contribution in [1.82, 2.24) is 4.98 Å². The fourth-order valence-electron chi connectivity index (χ4n) is 2.73. The summed E-state index contributed by atoms with van der Waals surface area (Å²) < 4.78 is 5.15. The standard InChI is InChI=1S/C17H19N3O2/c1-22-17-13(7-6-10-18-17)16(21)19-14-8-2-3-9-15(14)20-11-4-5-12-20/h2-3,6-10H,4-5,11-12H2,1H3,(H,19,21). The van der Waals surface area contributed by atoms with Gasteiger partial charge in [-0.3, -0.25) is 4.79 Å². The lowest BCUT2D eigenvalue weighted by Crippen LogP contribution is -2.21. The van der Waals surface area contributed by atoms with E-state index in [4.69, 9.17) is 4.74 Å². The number of carbonyl (C=O) groups is 1. The molecule has 1 amide bonds. The Morgan fingerprint density at radius 3 is 2.73 bits per heavy atom. The van der Waals surface area contributed by atoms with E-state index < -0.39 is 0 Å². The van der Waals surface area contributed by atoms with Crippen molar-refractivity contribution < 1.29 is 9.53 Å². The molecule has 1 aliphatic heterocycles. The summed E-state index contributed by atoms with van der Waals surface area (Å²) >= 11 is 0. The molecule has 1 saturated heterocycles. The number of anilines is 2. The first kappa shape index (κ1) is 14.4. The molecule has 0 spiro atoms. The van der Waals surface area contributed by atoms with Crippen molar-refractivity contribution in [2.75, 3.05) is 30.4 Å². The molecule has 1 aromatic heterocycles. The number of hydrogen-bond donors (Lipinski definition) is 1. The lowest BCUT2D eigenvalue weighted by molar-refractivity contribution is 0.102. The highest BCUT2D eigenvalue weighted by atomic mass is 16.5. The van der Waals surface area contributed by atoms with Crippen LogP contribution in [0.4, 0.5) is 11.4 Å². The number of nitrogens with one attached hydrogen (secondary N) is 1. The van der Waals surface area contributed by atoms with Crippen molar-refractivity contribution in [1.29, 1.82) is 0 Å². The summed E-state index contributed by atoms with van der Waals surface area (Å²) in [5.74, 6) is 0.121. The van der Waals surface area contributed by atoms with Crippen LogP contribution >= 0.6 is 0 Å². The molecule has 0 unspecified atom stereocenters. The molecule has 2 heterocycles. The fraction of sp³-hybridized carbons (Fsp3) is 0.294. The Morgan fingerprint density at radius 1 is 1.18 bits per heavy atom. The van der Waals surface area contributed by atoms with Gasteiger partial charge in [-0.05, 0) is 37.1 Å². The van der Waals surface area contributed by atoms with Crippen LogP contribution in [0.2, 0.25) is 0 Å². The van der Waals surface area contributed by atoms with Crippen molar-refractivity contribution in [3.05, 3.63) is 48.2 Å². The Bertz CT molecular complexity index is 666. The second kappa shape index (κ2) is 6.47. The molecule has 5 nitrogen and oxygen atoms in total. The van der Waals surface area contributed by atoms with E-state index in [0.717, 1.165) is 24.5 Å². The third kappa shape index (κ3) is 2.88. The monoisotopic (exact) mass is 297 g/mol. The number of benzene rings is 1. The fourth-order valence-corrected chi connectivity index (χ4v) is 2.73. The lowest BCUT2D eigenvalue weighted by atomic mass is 10.2. The molecule has 1 N–H and O–H groups in total. The average molecular weight is 297 g/mol. The minimum atomic E-state index is -0.211. The number of aromatic nitrogens is 1. The van der Waals surface area contributed by atoms with Crippen LogP contribution in [0.1, 0.15) is 23.2 Å². The number of para-hydroxylation sites is 2. The predicted octanol–water partition coefficient (Wildman–Crippen LogP) is 2.94. The minimum Gasteiger partial charge on any atom is -0.480 e. The second-order valence-electron chi connectivity index (χ2n) is 5.23. The minimum absolute atomic E-state index is 0.211. The Kier molecular flexibility index (Phi) is 4.23. The molecule has 1 fully saturated rings. The lowest BCUT2D eigenvalue weighted by Gasteiger charge is -2.21. The first-order valence-electron chi connectivity index (χ1n) is 7.44. The van der Waals surface area contributed by atoms with Gasteiger partial charge in [0.05, 0.1) is 18.5 Å². The van der Waals surface area contributed by atoms with Gasteiger partial charge in [0.1, 0.15) is 5.56 Å². The van der Waals surface area contributed by atoms with Gasteiger partial charge in [-0.25, -0.2) is 4.98 Å². The molecule has 0 aliphatic carbocycles. The molecule has 5 heteroatoms. The molecule has 22 heavy (non-hydrogen) atoms. The van der Waals surface area contributed by atoms with E-state index in [1.54, 1.807) is 18.3 Å². The van der Waals surface area contributed by atoms with Gasteiger partial charge in [0.2, 0.25) is 5.88 Å². The van der Waals surface area contributed by atoms with Gasteiger partial charge < -0.3 is 15.0 Å². The van der Waals surface area contributed by atoms with Crippen LogP contribution in [-0.2, 0) is 0 Å². The van der Waals surface area contributed by atoms with Crippen LogP contribution in [0.5, 0.6) is 5.88 Å². The van der Waals surface area contributed by atoms with Crippen molar-refractivity contribution in [2.45, 2.75) is 12.8 Å². The van der Waals surface area contributed by atoms with Crippen molar-refractivity contribution in [3.8, 4) is 5.88 Å². The Hall–Kier alpha value is -2.56. The number of nitrogens with zero attached hydrogens (tertiary/aromatic N) is 2. The summed E-state index contributed by atoms with van der Waals surface area (Å²) in [5.41, 5.74) is 2.32. The van der Waals surface area contributed by atoms with Gasteiger partial charge in [0, 0.05) is 19.3 Å². The quantitative estimate of drug-likeness (QED) is 0.942. The summed E-state index contributed by atoms with van der Waals surface area (Å²) in [6.45, 7) is 2.06. The zero-order chi connectivity index (χ0) is 15.4. The molecule has 1 aromatic carbocycles. The topological polar surface area (TPSA) is 54.5 Å². The van der Waals surface area contributed by atoms with Gasteiger partial charge in [-0.15, -0.1) is 0 Å².